The van der Waals surface area contributed by atoms with Crippen LogP contribution >= 0.6 is 11.8 Å². The van der Waals surface area contributed by atoms with Gasteiger partial charge in [-0.3, -0.25) is 9.36 Å². The monoisotopic (exact) mass is 444 g/mol. The molecule has 3 aromatic carbocycles. The number of hydrogen-bond acceptors (Lipinski definition) is 5. The smallest absolute Gasteiger partial charge is 0.237 e. The fourth-order valence-corrected chi connectivity index (χ4v) is 4.26. The maximum Gasteiger partial charge on any atom is 0.237 e. The van der Waals surface area contributed by atoms with Gasteiger partial charge in [-0.1, -0.05) is 54.2 Å². The van der Waals surface area contributed by atoms with Gasteiger partial charge in [0.1, 0.15) is 5.75 Å². The molecule has 0 bridgehead atoms. The zero-order valence-corrected chi connectivity index (χ0v) is 18.8. The van der Waals surface area contributed by atoms with Gasteiger partial charge in [-0.15, -0.1) is 16.8 Å². The summed E-state index contributed by atoms with van der Waals surface area (Å²) in [7, 11) is 1.63. The van der Waals surface area contributed by atoms with Crippen molar-refractivity contribution in [2.24, 2.45) is 0 Å². The number of amides is 1. The Labute approximate surface area is 191 Å². The Morgan fingerprint density at radius 3 is 2.62 bits per heavy atom. The van der Waals surface area contributed by atoms with E-state index >= 15 is 0 Å². The third-order valence-corrected chi connectivity index (χ3v) is 6.16. The summed E-state index contributed by atoms with van der Waals surface area (Å²) in [5.74, 6) is 1.40. The average molecular weight is 445 g/mol. The van der Waals surface area contributed by atoms with Crippen LogP contribution in [-0.2, 0) is 11.3 Å². The highest BCUT2D eigenvalue weighted by molar-refractivity contribution is 8.00. The summed E-state index contributed by atoms with van der Waals surface area (Å²) in [6.07, 6.45) is 1.79. The number of carbonyl (C=O) groups excluding carboxylic acids is 1. The number of anilines is 1. The lowest BCUT2D eigenvalue weighted by atomic mass is 10.1. The molecule has 0 aliphatic carbocycles. The second-order valence-electron chi connectivity index (χ2n) is 7.21. The van der Waals surface area contributed by atoms with Crippen molar-refractivity contribution in [2.45, 2.75) is 23.9 Å². The number of rotatable bonds is 8. The SMILES string of the molecule is C=CCn1c(SC(C)C(=O)Nc2cccc3ccccc23)nnc1-c1ccc(OC)cc1. The summed E-state index contributed by atoms with van der Waals surface area (Å²) >= 11 is 1.37. The van der Waals surface area contributed by atoms with Gasteiger partial charge >= 0.3 is 0 Å². The Kier molecular flexibility index (Phi) is 6.56. The fourth-order valence-electron chi connectivity index (χ4n) is 3.40. The number of methoxy groups -OCH3 is 1. The van der Waals surface area contributed by atoms with Crippen molar-refractivity contribution in [3.63, 3.8) is 0 Å². The lowest BCUT2D eigenvalue weighted by Crippen LogP contribution is -2.23. The average Bonchev–Trinajstić information content (AvgIpc) is 3.21. The molecule has 4 aromatic rings. The van der Waals surface area contributed by atoms with Crippen LogP contribution in [0.4, 0.5) is 5.69 Å². The Morgan fingerprint density at radius 2 is 1.88 bits per heavy atom. The van der Waals surface area contributed by atoms with E-state index in [2.05, 4.69) is 22.1 Å². The van der Waals surface area contributed by atoms with Crippen molar-refractivity contribution < 1.29 is 9.53 Å². The second kappa shape index (κ2) is 9.70. The predicted octanol–water partition coefficient (Wildman–Crippen LogP) is 5.41. The molecular formula is C25H24N4O2S. The molecule has 4 rings (SSSR count). The number of thioether (sulfide) groups is 1. The molecule has 1 heterocycles. The standard InChI is InChI=1S/C25H24N4O2S/c1-4-16-29-23(19-12-14-20(31-3)15-13-19)27-28-25(29)32-17(2)24(30)26-22-11-7-9-18-8-5-6-10-21(18)22/h4-15,17H,1,16H2,2-3H3,(H,26,30). The highest BCUT2D eigenvalue weighted by Gasteiger charge is 2.21. The number of allylic oxidation sites excluding steroid dienone is 1. The van der Waals surface area contributed by atoms with Crippen molar-refractivity contribution in [1.82, 2.24) is 14.8 Å². The topological polar surface area (TPSA) is 69.0 Å². The summed E-state index contributed by atoms with van der Waals surface area (Å²) in [4.78, 5) is 13.0. The number of nitrogens with zero attached hydrogens (tertiary/aromatic N) is 3. The van der Waals surface area contributed by atoms with Gasteiger partial charge < -0.3 is 10.1 Å². The molecule has 7 heteroatoms. The number of nitrogens with one attached hydrogen (secondary N) is 1. The lowest BCUT2D eigenvalue weighted by Gasteiger charge is -2.14. The van der Waals surface area contributed by atoms with E-state index in [1.165, 1.54) is 11.8 Å². The minimum Gasteiger partial charge on any atom is -0.497 e. The molecule has 1 aromatic heterocycles. The van der Waals surface area contributed by atoms with Crippen molar-refractivity contribution in [1.29, 1.82) is 0 Å². The summed E-state index contributed by atoms with van der Waals surface area (Å²) in [5.41, 5.74) is 1.71. The summed E-state index contributed by atoms with van der Waals surface area (Å²) in [6.45, 7) is 6.26. The molecular weight excluding hydrogens is 420 g/mol. The fraction of sp³-hybridized carbons (Fsp3) is 0.160. The molecule has 0 spiro atoms. The molecule has 1 amide bonds. The van der Waals surface area contributed by atoms with Crippen LogP contribution in [0.2, 0.25) is 0 Å². The van der Waals surface area contributed by atoms with Gasteiger partial charge in [0.05, 0.1) is 12.4 Å². The van der Waals surface area contributed by atoms with Crippen LogP contribution in [0, 0.1) is 0 Å². The molecule has 0 saturated carbocycles. The van der Waals surface area contributed by atoms with Gasteiger partial charge in [-0.25, -0.2) is 0 Å². The first kappa shape index (κ1) is 21.6. The zero-order valence-electron chi connectivity index (χ0n) is 18.0. The number of benzene rings is 3. The number of hydrogen-bond donors (Lipinski definition) is 1. The van der Waals surface area contributed by atoms with E-state index in [1.807, 2.05) is 78.2 Å². The van der Waals surface area contributed by atoms with Crippen molar-refractivity contribution in [2.75, 3.05) is 12.4 Å². The Morgan fingerprint density at radius 1 is 1.12 bits per heavy atom. The Hall–Kier alpha value is -3.58. The first-order chi connectivity index (χ1) is 15.6. The van der Waals surface area contributed by atoms with Gasteiger partial charge in [-0.05, 0) is 42.6 Å². The van der Waals surface area contributed by atoms with E-state index in [4.69, 9.17) is 4.74 Å². The van der Waals surface area contributed by atoms with E-state index in [0.29, 0.717) is 11.7 Å². The van der Waals surface area contributed by atoms with Crippen LogP contribution in [0.25, 0.3) is 22.2 Å². The van der Waals surface area contributed by atoms with E-state index in [-0.39, 0.29) is 11.2 Å². The maximum absolute atomic E-state index is 13.0. The first-order valence-electron chi connectivity index (χ1n) is 10.2. The minimum atomic E-state index is -0.370. The zero-order chi connectivity index (χ0) is 22.5. The molecule has 6 nitrogen and oxygen atoms in total. The molecule has 0 radical (unpaired) electrons. The van der Waals surface area contributed by atoms with Crippen molar-refractivity contribution in [3.05, 3.63) is 79.4 Å². The largest absolute Gasteiger partial charge is 0.497 e. The third kappa shape index (κ3) is 4.53. The van der Waals surface area contributed by atoms with Gasteiger partial charge in [0, 0.05) is 23.2 Å². The van der Waals surface area contributed by atoms with Gasteiger partial charge in [0.15, 0.2) is 11.0 Å². The second-order valence-corrected chi connectivity index (χ2v) is 8.52. The van der Waals surface area contributed by atoms with Crippen molar-refractivity contribution >= 4 is 34.1 Å². The quantitative estimate of drug-likeness (QED) is 0.291. The van der Waals surface area contributed by atoms with E-state index < -0.39 is 0 Å². The predicted molar refractivity (Wildman–Crippen MR) is 130 cm³/mol. The summed E-state index contributed by atoms with van der Waals surface area (Å²) in [5, 5.41) is 14.2. The van der Waals surface area contributed by atoms with Gasteiger partial charge in [0.25, 0.3) is 0 Å². The first-order valence-corrected chi connectivity index (χ1v) is 11.1. The van der Waals surface area contributed by atoms with Crippen LogP contribution < -0.4 is 10.1 Å². The van der Waals surface area contributed by atoms with E-state index in [1.54, 1.807) is 13.2 Å². The number of fused-ring (bicyclic) bond motifs is 1. The normalized spacial score (nSPS) is 11.8. The maximum atomic E-state index is 13.0. The van der Waals surface area contributed by atoms with Crippen LogP contribution in [0.1, 0.15) is 6.92 Å². The molecule has 1 N–H and O–H groups in total. The van der Waals surface area contributed by atoms with E-state index in [0.717, 1.165) is 33.6 Å². The highest BCUT2D eigenvalue weighted by atomic mass is 32.2. The van der Waals surface area contributed by atoms with Crippen LogP contribution in [0.15, 0.2) is 84.5 Å². The van der Waals surface area contributed by atoms with Gasteiger partial charge in [0.2, 0.25) is 5.91 Å². The van der Waals surface area contributed by atoms with Crippen LogP contribution in [-0.4, -0.2) is 33.0 Å². The highest BCUT2D eigenvalue weighted by Crippen LogP contribution is 2.29. The number of aromatic nitrogens is 3. The number of carbonyl (C=O) groups is 1. The molecule has 32 heavy (non-hydrogen) atoms. The molecule has 0 fully saturated rings. The molecule has 0 saturated heterocycles. The van der Waals surface area contributed by atoms with Crippen molar-refractivity contribution in [3.8, 4) is 17.1 Å². The lowest BCUT2D eigenvalue weighted by molar-refractivity contribution is -0.115. The molecule has 162 valence electrons. The summed E-state index contributed by atoms with van der Waals surface area (Å²) in [6, 6.07) is 21.5. The van der Waals surface area contributed by atoms with Gasteiger partial charge in [-0.2, -0.15) is 0 Å². The summed E-state index contributed by atoms with van der Waals surface area (Å²) < 4.78 is 7.19. The molecule has 0 aliphatic rings. The molecule has 0 aliphatic heterocycles. The third-order valence-electron chi connectivity index (χ3n) is 5.08. The Balaban J connectivity index is 1.54. The molecule has 1 atom stereocenters. The minimum absolute atomic E-state index is 0.0921. The van der Waals surface area contributed by atoms with Crippen LogP contribution in [0.5, 0.6) is 5.75 Å². The van der Waals surface area contributed by atoms with E-state index in [9.17, 15) is 4.79 Å². The van der Waals surface area contributed by atoms with Crippen LogP contribution in [0.3, 0.4) is 0 Å². The number of ether oxygens (including phenoxy) is 1. The molecule has 1 unspecified atom stereocenters. The Bertz CT molecular complexity index is 1250.